The van der Waals surface area contributed by atoms with Crippen LogP contribution < -0.4 is 0 Å². The first-order chi connectivity index (χ1) is 6.06. The highest BCUT2D eigenvalue weighted by Crippen LogP contribution is 2.10. The molecule has 1 saturated heterocycles. The van der Waals surface area contributed by atoms with E-state index in [0.29, 0.717) is 19.7 Å². The third-order valence-electron chi connectivity index (χ3n) is 1.79. The maximum absolute atomic E-state index is 11.4. The second-order valence-corrected chi connectivity index (χ2v) is 4.51. The van der Waals surface area contributed by atoms with Gasteiger partial charge in [0, 0.05) is 13.1 Å². The molecule has 1 aliphatic heterocycles. The predicted molar refractivity (Wildman–Crippen MR) is 47.5 cm³/mol. The zero-order valence-electron chi connectivity index (χ0n) is 7.89. The van der Waals surface area contributed by atoms with Gasteiger partial charge in [0.05, 0.1) is 19.3 Å². The average Bonchev–Trinajstić information content (AvgIpc) is 2.04. The van der Waals surface area contributed by atoms with Gasteiger partial charge in [-0.1, -0.05) is 0 Å². The minimum Gasteiger partial charge on any atom is -0.376 e. The van der Waals surface area contributed by atoms with E-state index in [2.05, 4.69) is 4.18 Å². The van der Waals surface area contributed by atoms with Gasteiger partial charge in [-0.2, -0.15) is 12.7 Å². The molecule has 6 heteroatoms. The zero-order chi connectivity index (χ0) is 9.90. The predicted octanol–water partition coefficient (Wildman–Crippen LogP) is -0.0116. The quantitative estimate of drug-likeness (QED) is 0.656. The molecular formula is C7H15NO4S. The Bertz CT molecular complexity index is 251. The van der Waals surface area contributed by atoms with Gasteiger partial charge in [0.2, 0.25) is 0 Å². The summed E-state index contributed by atoms with van der Waals surface area (Å²) < 4.78 is 33.9. The van der Waals surface area contributed by atoms with Crippen molar-refractivity contribution in [3.63, 3.8) is 0 Å². The Morgan fingerprint density at radius 3 is 2.85 bits per heavy atom. The minimum absolute atomic E-state index is 0.0519. The second-order valence-electron chi connectivity index (χ2n) is 2.90. The molecule has 1 unspecified atom stereocenters. The summed E-state index contributed by atoms with van der Waals surface area (Å²) in [6.07, 6.45) is -0.0519. The van der Waals surface area contributed by atoms with E-state index in [1.807, 2.05) is 6.92 Å². The van der Waals surface area contributed by atoms with Crippen molar-refractivity contribution in [1.29, 1.82) is 0 Å². The Hall–Kier alpha value is -0.170. The van der Waals surface area contributed by atoms with Gasteiger partial charge in [-0.15, -0.1) is 0 Å². The second kappa shape index (κ2) is 4.36. The maximum atomic E-state index is 11.4. The average molecular weight is 209 g/mol. The first-order valence-corrected chi connectivity index (χ1v) is 5.69. The molecule has 78 valence electrons. The maximum Gasteiger partial charge on any atom is 0.338 e. The first kappa shape index (κ1) is 10.9. The van der Waals surface area contributed by atoms with E-state index in [-0.39, 0.29) is 12.7 Å². The van der Waals surface area contributed by atoms with Crippen molar-refractivity contribution in [2.24, 2.45) is 0 Å². The van der Waals surface area contributed by atoms with E-state index >= 15 is 0 Å². The summed E-state index contributed by atoms with van der Waals surface area (Å²) in [5, 5.41) is 0. The summed E-state index contributed by atoms with van der Waals surface area (Å²) in [7, 11) is -3.51. The lowest BCUT2D eigenvalue weighted by molar-refractivity contribution is 0.00632. The van der Waals surface area contributed by atoms with Crippen LogP contribution in [0, 0.1) is 0 Å². The van der Waals surface area contributed by atoms with Gasteiger partial charge in [0.25, 0.3) is 0 Å². The van der Waals surface area contributed by atoms with Crippen LogP contribution in [0.15, 0.2) is 0 Å². The van der Waals surface area contributed by atoms with E-state index < -0.39 is 10.3 Å². The summed E-state index contributed by atoms with van der Waals surface area (Å²) >= 11 is 0. The third kappa shape index (κ3) is 2.91. The lowest BCUT2D eigenvalue weighted by Gasteiger charge is -2.29. The summed E-state index contributed by atoms with van der Waals surface area (Å²) in [6, 6.07) is 0. The molecule has 0 aromatic rings. The van der Waals surface area contributed by atoms with Crippen LogP contribution in [0.4, 0.5) is 0 Å². The fourth-order valence-corrected chi connectivity index (χ4v) is 2.35. The Morgan fingerprint density at radius 1 is 1.62 bits per heavy atom. The van der Waals surface area contributed by atoms with Crippen molar-refractivity contribution in [2.45, 2.75) is 20.0 Å². The SMILES string of the molecule is CCOS(=O)(=O)N1CCOC(C)C1. The molecule has 1 fully saturated rings. The standard InChI is InChI=1S/C7H15NO4S/c1-3-12-13(9,10)8-4-5-11-7(2)6-8/h7H,3-6H2,1-2H3. The van der Waals surface area contributed by atoms with Crippen LogP contribution in [0.2, 0.25) is 0 Å². The van der Waals surface area contributed by atoms with Gasteiger partial charge >= 0.3 is 10.3 Å². The highest BCUT2D eigenvalue weighted by atomic mass is 32.2. The van der Waals surface area contributed by atoms with Crippen LogP contribution >= 0.6 is 0 Å². The molecule has 5 nitrogen and oxygen atoms in total. The summed E-state index contributed by atoms with van der Waals surface area (Å²) in [5.74, 6) is 0. The molecule has 0 N–H and O–H groups in total. The smallest absolute Gasteiger partial charge is 0.338 e. The number of morpholine rings is 1. The summed E-state index contributed by atoms with van der Waals surface area (Å²) in [6.45, 7) is 4.87. The van der Waals surface area contributed by atoms with Gasteiger partial charge in [-0.05, 0) is 13.8 Å². The Kier molecular flexibility index (Phi) is 3.66. The van der Waals surface area contributed by atoms with Gasteiger partial charge in [0.1, 0.15) is 0 Å². The molecule has 1 rings (SSSR count). The Balaban J connectivity index is 2.60. The van der Waals surface area contributed by atoms with Crippen LogP contribution in [0.3, 0.4) is 0 Å². The summed E-state index contributed by atoms with van der Waals surface area (Å²) in [4.78, 5) is 0. The van der Waals surface area contributed by atoms with Crippen molar-refractivity contribution in [2.75, 3.05) is 26.3 Å². The van der Waals surface area contributed by atoms with Crippen molar-refractivity contribution in [3.8, 4) is 0 Å². The molecule has 0 saturated carbocycles. The molecule has 0 spiro atoms. The topological polar surface area (TPSA) is 55.8 Å². The highest BCUT2D eigenvalue weighted by Gasteiger charge is 2.27. The molecule has 0 radical (unpaired) electrons. The van der Waals surface area contributed by atoms with Gasteiger partial charge in [-0.25, -0.2) is 0 Å². The molecule has 1 atom stereocenters. The van der Waals surface area contributed by atoms with Crippen LogP contribution in [-0.2, 0) is 19.2 Å². The first-order valence-electron chi connectivity index (χ1n) is 4.32. The largest absolute Gasteiger partial charge is 0.376 e. The monoisotopic (exact) mass is 209 g/mol. The van der Waals surface area contributed by atoms with E-state index in [1.54, 1.807) is 6.92 Å². The number of hydrogen-bond acceptors (Lipinski definition) is 4. The lowest BCUT2D eigenvalue weighted by Crippen LogP contribution is -2.45. The van der Waals surface area contributed by atoms with Crippen molar-refractivity contribution in [3.05, 3.63) is 0 Å². The van der Waals surface area contributed by atoms with Gasteiger partial charge in [0.15, 0.2) is 0 Å². The Labute approximate surface area is 78.9 Å². The third-order valence-corrected chi connectivity index (χ3v) is 3.28. The molecule has 0 amide bonds. The van der Waals surface area contributed by atoms with Crippen LogP contribution in [0.25, 0.3) is 0 Å². The van der Waals surface area contributed by atoms with Crippen molar-refractivity contribution < 1.29 is 17.3 Å². The van der Waals surface area contributed by atoms with Crippen LogP contribution in [-0.4, -0.2) is 45.1 Å². The van der Waals surface area contributed by atoms with Crippen molar-refractivity contribution in [1.82, 2.24) is 4.31 Å². The molecule has 1 aliphatic rings. The van der Waals surface area contributed by atoms with Crippen LogP contribution in [0.5, 0.6) is 0 Å². The minimum atomic E-state index is -3.51. The fraction of sp³-hybridized carbons (Fsp3) is 1.00. The molecule has 0 aromatic heterocycles. The summed E-state index contributed by atoms with van der Waals surface area (Å²) in [5.41, 5.74) is 0. The normalized spacial score (nSPS) is 26.2. The fourth-order valence-electron chi connectivity index (χ4n) is 1.21. The van der Waals surface area contributed by atoms with Gasteiger partial charge in [-0.3, -0.25) is 4.18 Å². The van der Waals surface area contributed by atoms with E-state index in [9.17, 15) is 8.42 Å². The molecule has 0 bridgehead atoms. The van der Waals surface area contributed by atoms with E-state index in [1.165, 1.54) is 4.31 Å². The van der Waals surface area contributed by atoms with Crippen LogP contribution in [0.1, 0.15) is 13.8 Å². The number of nitrogens with zero attached hydrogens (tertiary/aromatic N) is 1. The molecule has 0 aliphatic carbocycles. The number of ether oxygens (including phenoxy) is 1. The lowest BCUT2D eigenvalue weighted by atomic mass is 10.3. The zero-order valence-corrected chi connectivity index (χ0v) is 8.71. The highest BCUT2D eigenvalue weighted by molar-refractivity contribution is 7.84. The number of rotatable bonds is 3. The Morgan fingerprint density at radius 2 is 2.31 bits per heavy atom. The van der Waals surface area contributed by atoms with Gasteiger partial charge < -0.3 is 4.74 Å². The van der Waals surface area contributed by atoms with E-state index in [0.717, 1.165) is 0 Å². The van der Waals surface area contributed by atoms with E-state index in [4.69, 9.17) is 4.74 Å². The molecule has 1 heterocycles. The molecule has 0 aromatic carbocycles. The molecular weight excluding hydrogens is 194 g/mol. The molecule has 13 heavy (non-hydrogen) atoms. The number of hydrogen-bond donors (Lipinski definition) is 0. The van der Waals surface area contributed by atoms with Crippen molar-refractivity contribution >= 4 is 10.3 Å².